The number of nitrogens with one attached hydrogen (secondary N) is 1. The van der Waals surface area contributed by atoms with Gasteiger partial charge in [0.05, 0.1) is 13.2 Å². The van der Waals surface area contributed by atoms with E-state index in [2.05, 4.69) is 5.32 Å². The monoisotopic (exact) mass is 443 g/mol. The Morgan fingerprint density at radius 3 is 2.42 bits per heavy atom. The van der Waals surface area contributed by atoms with E-state index in [0.29, 0.717) is 17.1 Å². The molecule has 4 aromatic rings. The second-order valence-electron chi connectivity index (χ2n) is 8.00. The quantitative estimate of drug-likeness (QED) is 0.494. The Morgan fingerprint density at radius 1 is 1.03 bits per heavy atom. The second kappa shape index (κ2) is 8.09. The maximum atomic E-state index is 13.6. The molecule has 1 atom stereocenters. The molecule has 0 fully saturated rings. The minimum atomic E-state index is -0.427. The third-order valence-corrected chi connectivity index (χ3v) is 6.07. The van der Waals surface area contributed by atoms with Gasteiger partial charge in [0.2, 0.25) is 5.91 Å². The first-order valence-electron chi connectivity index (χ1n) is 10.6. The van der Waals surface area contributed by atoms with Gasteiger partial charge >= 0.3 is 0 Å². The molecule has 2 amide bonds. The highest BCUT2D eigenvalue weighted by molar-refractivity contribution is 6.08. The first-order chi connectivity index (χ1) is 16.0. The molecule has 0 bridgehead atoms. The Morgan fingerprint density at radius 2 is 1.73 bits per heavy atom. The number of aryl methyl sites for hydroxylation is 1. The Labute approximate surface area is 190 Å². The standard InChI is InChI=1S/C26H22FN3O3/c1-29-21-6-4-3-5-20(21)23-24(16-7-13-19(33-2)14-8-16)30(26(32)25(23)29)15-22(31)28-18-11-9-17(27)10-12-18/h3-14,24H,15H2,1-2H3,(H,28,31)/t24-/m0/s1. The number of hydrogen-bond acceptors (Lipinski definition) is 3. The van der Waals surface area contributed by atoms with Crippen molar-refractivity contribution < 1.29 is 18.7 Å². The van der Waals surface area contributed by atoms with E-state index in [9.17, 15) is 14.0 Å². The number of para-hydroxylation sites is 1. The predicted molar refractivity (Wildman–Crippen MR) is 124 cm³/mol. The van der Waals surface area contributed by atoms with Gasteiger partial charge in [-0.3, -0.25) is 9.59 Å². The van der Waals surface area contributed by atoms with Gasteiger partial charge in [-0.15, -0.1) is 0 Å². The fraction of sp³-hybridized carbons (Fsp3) is 0.154. The van der Waals surface area contributed by atoms with Crippen LogP contribution in [0.4, 0.5) is 10.1 Å². The highest BCUT2D eigenvalue weighted by atomic mass is 19.1. The maximum Gasteiger partial charge on any atom is 0.272 e. The van der Waals surface area contributed by atoms with Crippen LogP contribution < -0.4 is 10.1 Å². The molecule has 6 nitrogen and oxygen atoms in total. The molecule has 1 aliphatic heterocycles. The molecule has 7 heteroatoms. The van der Waals surface area contributed by atoms with Crippen molar-refractivity contribution in [1.82, 2.24) is 9.47 Å². The number of carbonyl (C=O) groups is 2. The Hall–Kier alpha value is -4.13. The van der Waals surface area contributed by atoms with Crippen molar-refractivity contribution in [2.45, 2.75) is 6.04 Å². The van der Waals surface area contributed by atoms with Crippen LogP contribution in [0.2, 0.25) is 0 Å². The number of hydrogen-bond donors (Lipinski definition) is 1. The van der Waals surface area contributed by atoms with Gasteiger partial charge in [0.15, 0.2) is 0 Å². The number of rotatable bonds is 5. The summed E-state index contributed by atoms with van der Waals surface area (Å²) in [5.74, 6) is -0.240. The average molecular weight is 443 g/mol. The molecule has 5 rings (SSSR count). The molecule has 0 radical (unpaired) electrons. The van der Waals surface area contributed by atoms with Crippen molar-refractivity contribution in [2.24, 2.45) is 7.05 Å². The van der Waals surface area contributed by atoms with Crippen LogP contribution >= 0.6 is 0 Å². The lowest BCUT2D eigenvalue weighted by molar-refractivity contribution is -0.117. The predicted octanol–water partition coefficient (Wildman–Crippen LogP) is 4.51. The zero-order valence-electron chi connectivity index (χ0n) is 18.2. The molecule has 0 unspecified atom stereocenters. The summed E-state index contributed by atoms with van der Waals surface area (Å²) in [5, 5.41) is 3.73. The van der Waals surface area contributed by atoms with Gasteiger partial charge in [0.1, 0.15) is 23.8 Å². The van der Waals surface area contributed by atoms with Gasteiger partial charge in [0, 0.05) is 29.2 Å². The number of halogens is 1. The lowest BCUT2D eigenvalue weighted by atomic mass is 9.98. The van der Waals surface area contributed by atoms with Crippen LogP contribution in [0.1, 0.15) is 27.7 Å². The number of amides is 2. The Bertz CT molecular complexity index is 1360. The topological polar surface area (TPSA) is 63.6 Å². The number of aromatic nitrogens is 1. The molecule has 1 aromatic heterocycles. The molecule has 0 aliphatic carbocycles. The summed E-state index contributed by atoms with van der Waals surface area (Å²) in [6.45, 7) is -0.143. The molecule has 0 saturated heterocycles. The van der Waals surface area contributed by atoms with E-state index in [1.165, 1.54) is 24.3 Å². The lowest BCUT2D eigenvalue weighted by Crippen LogP contribution is -2.37. The molecular formula is C26H22FN3O3. The van der Waals surface area contributed by atoms with Crippen molar-refractivity contribution in [2.75, 3.05) is 19.0 Å². The van der Waals surface area contributed by atoms with Crippen LogP contribution in [0.5, 0.6) is 5.75 Å². The molecule has 33 heavy (non-hydrogen) atoms. The van der Waals surface area contributed by atoms with E-state index in [1.807, 2.05) is 60.1 Å². The number of ether oxygens (including phenoxy) is 1. The zero-order chi connectivity index (χ0) is 23.1. The van der Waals surface area contributed by atoms with Gasteiger partial charge in [0.25, 0.3) is 5.91 Å². The molecule has 2 heterocycles. The number of anilines is 1. The van der Waals surface area contributed by atoms with E-state index in [0.717, 1.165) is 22.0 Å². The van der Waals surface area contributed by atoms with E-state index in [-0.39, 0.29) is 24.2 Å². The average Bonchev–Trinajstić information content (AvgIpc) is 3.28. The summed E-state index contributed by atoms with van der Waals surface area (Å²) >= 11 is 0. The number of nitrogens with zero attached hydrogens (tertiary/aromatic N) is 2. The molecule has 3 aromatic carbocycles. The molecule has 166 valence electrons. The molecule has 1 aliphatic rings. The Kier molecular flexibility index (Phi) is 5.09. The van der Waals surface area contributed by atoms with Crippen molar-refractivity contribution in [3.05, 3.63) is 95.4 Å². The van der Waals surface area contributed by atoms with Crippen LogP contribution in [-0.2, 0) is 11.8 Å². The summed E-state index contributed by atoms with van der Waals surface area (Å²) in [4.78, 5) is 28.0. The number of benzene rings is 3. The van der Waals surface area contributed by atoms with E-state index in [1.54, 1.807) is 12.0 Å². The largest absolute Gasteiger partial charge is 0.497 e. The van der Waals surface area contributed by atoms with Gasteiger partial charge in [-0.25, -0.2) is 4.39 Å². The fourth-order valence-electron chi connectivity index (χ4n) is 4.55. The highest BCUT2D eigenvalue weighted by Gasteiger charge is 2.42. The van der Waals surface area contributed by atoms with E-state index < -0.39 is 6.04 Å². The van der Waals surface area contributed by atoms with Crippen LogP contribution in [0.15, 0.2) is 72.8 Å². The maximum absolute atomic E-state index is 13.6. The molecule has 0 spiro atoms. The first-order valence-corrected chi connectivity index (χ1v) is 10.6. The molecular weight excluding hydrogens is 421 g/mol. The summed E-state index contributed by atoms with van der Waals surface area (Å²) in [7, 11) is 3.47. The number of fused-ring (bicyclic) bond motifs is 3. The zero-order valence-corrected chi connectivity index (χ0v) is 18.2. The second-order valence-corrected chi connectivity index (χ2v) is 8.00. The number of methoxy groups -OCH3 is 1. The van der Waals surface area contributed by atoms with E-state index >= 15 is 0 Å². The van der Waals surface area contributed by atoms with Crippen molar-refractivity contribution in [3.8, 4) is 5.75 Å². The molecule has 1 N–H and O–H groups in total. The van der Waals surface area contributed by atoms with Crippen LogP contribution in [0.3, 0.4) is 0 Å². The first kappa shape index (κ1) is 20.8. The number of carbonyl (C=O) groups excluding carboxylic acids is 2. The van der Waals surface area contributed by atoms with Crippen LogP contribution in [-0.4, -0.2) is 34.9 Å². The summed E-state index contributed by atoms with van der Waals surface area (Å²) < 4.78 is 20.4. The summed E-state index contributed by atoms with van der Waals surface area (Å²) in [6.07, 6.45) is 0. The molecule has 0 saturated carbocycles. The third kappa shape index (κ3) is 3.51. The fourth-order valence-corrected chi connectivity index (χ4v) is 4.55. The van der Waals surface area contributed by atoms with Crippen molar-refractivity contribution in [1.29, 1.82) is 0 Å². The van der Waals surface area contributed by atoms with Gasteiger partial charge in [-0.05, 0) is 48.0 Å². The highest BCUT2D eigenvalue weighted by Crippen LogP contribution is 2.44. The lowest BCUT2D eigenvalue weighted by Gasteiger charge is -2.26. The normalized spacial score (nSPS) is 15.1. The Balaban J connectivity index is 1.55. The van der Waals surface area contributed by atoms with E-state index in [4.69, 9.17) is 4.74 Å². The summed E-state index contributed by atoms with van der Waals surface area (Å²) in [5.41, 5.74) is 3.78. The third-order valence-electron chi connectivity index (χ3n) is 6.07. The van der Waals surface area contributed by atoms with Gasteiger partial charge in [-0.1, -0.05) is 30.3 Å². The van der Waals surface area contributed by atoms with Gasteiger partial charge in [-0.2, -0.15) is 0 Å². The van der Waals surface area contributed by atoms with Crippen LogP contribution in [0, 0.1) is 5.82 Å². The SMILES string of the molecule is COc1ccc([C@H]2c3c(n(C)c4ccccc34)C(=O)N2CC(=O)Nc2ccc(F)cc2)cc1. The smallest absolute Gasteiger partial charge is 0.272 e. The summed E-state index contributed by atoms with van der Waals surface area (Å²) in [6, 6.07) is 20.5. The van der Waals surface area contributed by atoms with Crippen molar-refractivity contribution in [3.63, 3.8) is 0 Å². The van der Waals surface area contributed by atoms with Crippen LogP contribution in [0.25, 0.3) is 10.9 Å². The minimum Gasteiger partial charge on any atom is -0.497 e. The minimum absolute atomic E-state index is 0.143. The van der Waals surface area contributed by atoms with Crippen molar-refractivity contribution >= 4 is 28.4 Å². The van der Waals surface area contributed by atoms with Gasteiger partial charge < -0.3 is 19.5 Å².